The number of fused-ring (bicyclic) bond motifs is 10. The quantitative estimate of drug-likeness (QED) is 0.191. The SMILES string of the molecule is C1=Cc2nc1c(-c1ccccc1)c1ccc([nH]1)c(-c1cccc3ccccc13)c1nc(c(-c3ccccc3)c3ccc([nH]3)c2-c2cccc3ccccc23)C=C1. The molecule has 0 atom stereocenters. The molecule has 2 N–H and O–H groups in total. The van der Waals surface area contributed by atoms with Gasteiger partial charge < -0.3 is 9.97 Å². The molecule has 56 heavy (non-hydrogen) atoms. The average molecular weight is 715 g/mol. The molecule has 3 aromatic heterocycles. The molecule has 4 nitrogen and oxygen atoms in total. The lowest BCUT2D eigenvalue weighted by Gasteiger charge is -2.09. The highest BCUT2D eigenvalue weighted by Crippen LogP contribution is 2.41. The summed E-state index contributed by atoms with van der Waals surface area (Å²) in [7, 11) is 0. The summed E-state index contributed by atoms with van der Waals surface area (Å²) >= 11 is 0. The molecular weight excluding hydrogens is 681 g/mol. The van der Waals surface area contributed by atoms with Gasteiger partial charge in [0.25, 0.3) is 0 Å². The van der Waals surface area contributed by atoms with Crippen LogP contribution in [0.2, 0.25) is 0 Å². The summed E-state index contributed by atoms with van der Waals surface area (Å²) in [5.74, 6) is 0. The van der Waals surface area contributed by atoms with Gasteiger partial charge in [0.05, 0.1) is 22.8 Å². The van der Waals surface area contributed by atoms with E-state index in [1.54, 1.807) is 0 Å². The second kappa shape index (κ2) is 13.1. The van der Waals surface area contributed by atoms with Crippen molar-refractivity contribution >= 4 is 67.9 Å². The Morgan fingerprint density at radius 3 is 1.05 bits per heavy atom. The van der Waals surface area contributed by atoms with E-state index in [-0.39, 0.29) is 0 Å². The summed E-state index contributed by atoms with van der Waals surface area (Å²) in [4.78, 5) is 18.8. The fourth-order valence-corrected chi connectivity index (χ4v) is 8.48. The maximum atomic E-state index is 5.50. The summed E-state index contributed by atoms with van der Waals surface area (Å²) < 4.78 is 0. The molecule has 262 valence electrons. The highest BCUT2D eigenvalue weighted by atomic mass is 14.8. The molecule has 5 heterocycles. The highest BCUT2D eigenvalue weighted by molar-refractivity contribution is 6.07. The molecule has 0 radical (unpaired) electrons. The van der Waals surface area contributed by atoms with Crippen molar-refractivity contribution in [2.75, 3.05) is 0 Å². The largest absolute Gasteiger partial charge is 0.354 e. The van der Waals surface area contributed by atoms with Crippen molar-refractivity contribution < 1.29 is 0 Å². The first-order chi connectivity index (χ1) is 27.8. The van der Waals surface area contributed by atoms with Crippen molar-refractivity contribution in [1.29, 1.82) is 0 Å². The lowest BCUT2D eigenvalue weighted by molar-refractivity contribution is 1.31. The molecule has 0 unspecified atom stereocenters. The van der Waals surface area contributed by atoms with Crippen molar-refractivity contribution in [1.82, 2.24) is 19.9 Å². The molecule has 0 saturated carbocycles. The number of nitrogens with zero attached hydrogens (tertiary/aromatic N) is 2. The van der Waals surface area contributed by atoms with Crippen LogP contribution in [0.15, 0.2) is 170 Å². The third kappa shape index (κ3) is 5.31. The van der Waals surface area contributed by atoms with Crippen molar-refractivity contribution in [2.24, 2.45) is 0 Å². The lowest BCUT2D eigenvalue weighted by Crippen LogP contribution is -1.90. The first-order valence-corrected chi connectivity index (χ1v) is 19.0. The van der Waals surface area contributed by atoms with E-state index in [9.17, 15) is 0 Å². The summed E-state index contributed by atoms with van der Waals surface area (Å²) in [5.41, 5.74) is 16.1. The van der Waals surface area contributed by atoms with Gasteiger partial charge in [-0.25, -0.2) is 9.97 Å². The normalized spacial score (nSPS) is 12.1. The number of rotatable bonds is 4. The minimum Gasteiger partial charge on any atom is -0.354 e. The summed E-state index contributed by atoms with van der Waals surface area (Å²) in [6.45, 7) is 0. The van der Waals surface area contributed by atoms with Gasteiger partial charge in [-0.1, -0.05) is 146 Å². The van der Waals surface area contributed by atoms with Gasteiger partial charge >= 0.3 is 0 Å². The van der Waals surface area contributed by atoms with E-state index < -0.39 is 0 Å². The van der Waals surface area contributed by atoms with Crippen molar-refractivity contribution in [3.63, 3.8) is 0 Å². The smallest absolute Gasteiger partial charge is 0.0737 e. The molecule has 0 spiro atoms. The van der Waals surface area contributed by atoms with Crippen molar-refractivity contribution in [2.45, 2.75) is 0 Å². The maximum absolute atomic E-state index is 5.50. The first kappa shape index (κ1) is 31.9. The van der Waals surface area contributed by atoms with Gasteiger partial charge in [-0.3, -0.25) is 0 Å². The number of benzene rings is 6. The highest BCUT2D eigenvalue weighted by Gasteiger charge is 2.20. The van der Waals surface area contributed by atoms with Gasteiger partial charge in [0.15, 0.2) is 0 Å². The number of nitrogens with one attached hydrogen (secondary N) is 2. The molecule has 0 aliphatic carbocycles. The monoisotopic (exact) mass is 714 g/mol. The Morgan fingerprint density at radius 1 is 0.286 bits per heavy atom. The van der Waals surface area contributed by atoms with E-state index in [2.05, 4.69) is 204 Å². The number of hydrogen-bond donors (Lipinski definition) is 2. The fraction of sp³-hybridized carbons (Fsp3) is 0. The Hall–Kier alpha value is -7.56. The van der Waals surface area contributed by atoms with Gasteiger partial charge in [-0.15, -0.1) is 0 Å². The molecule has 0 amide bonds. The Kier molecular flexibility index (Phi) is 7.46. The predicted octanol–water partition coefficient (Wildman–Crippen LogP) is 13.6. The number of aromatic amines is 2. The van der Waals surface area contributed by atoms with Crippen LogP contribution in [0.25, 0.3) is 112 Å². The fourth-order valence-electron chi connectivity index (χ4n) is 8.48. The van der Waals surface area contributed by atoms with Crippen molar-refractivity contribution in [3.05, 3.63) is 193 Å². The van der Waals surface area contributed by atoms with Crippen LogP contribution in [0.3, 0.4) is 0 Å². The molecule has 8 bridgehead atoms. The maximum Gasteiger partial charge on any atom is 0.0737 e. The van der Waals surface area contributed by atoms with Crippen LogP contribution in [0, 0.1) is 0 Å². The van der Waals surface area contributed by atoms with Gasteiger partial charge in [-0.2, -0.15) is 0 Å². The van der Waals surface area contributed by atoms with Crippen LogP contribution < -0.4 is 0 Å². The molecule has 0 fully saturated rings. The van der Waals surface area contributed by atoms with E-state index in [4.69, 9.17) is 9.97 Å². The molecule has 2 aliphatic rings. The summed E-state index contributed by atoms with van der Waals surface area (Å²) in [6, 6.07) is 60.1. The molecule has 11 rings (SSSR count). The molecule has 2 aliphatic heterocycles. The van der Waals surface area contributed by atoms with Gasteiger partial charge in [0, 0.05) is 44.3 Å². The van der Waals surface area contributed by atoms with E-state index in [0.717, 1.165) is 89.4 Å². The third-order valence-electron chi connectivity index (χ3n) is 11.0. The third-order valence-corrected chi connectivity index (χ3v) is 11.0. The van der Waals surface area contributed by atoms with E-state index in [1.165, 1.54) is 21.5 Å². The van der Waals surface area contributed by atoms with Crippen LogP contribution in [0.5, 0.6) is 0 Å². The Balaban J connectivity index is 1.34. The van der Waals surface area contributed by atoms with Crippen LogP contribution in [-0.4, -0.2) is 19.9 Å². The van der Waals surface area contributed by atoms with Crippen LogP contribution in [-0.2, 0) is 0 Å². The minimum atomic E-state index is 0.896. The summed E-state index contributed by atoms with van der Waals surface area (Å²) in [6.07, 6.45) is 8.65. The number of H-pyrrole nitrogens is 2. The van der Waals surface area contributed by atoms with Gasteiger partial charge in [-0.05, 0) is 92.4 Å². The zero-order valence-electron chi connectivity index (χ0n) is 30.4. The van der Waals surface area contributed by atoms with Gasteiger partial charge in [0.1, 0.15) is 0 Å². The summed E-state index contributed by atoms with van der Waals surface area (Å²) in [5, 5.41) is 4.71. The number of aromatic nitrogens is 4. The molecule has 6 aromatic carbocycles. The second-order valence-electron chi connectivity index (χ2n) is 14.3. The molecule has 4 heteroatoms. The Labute approximate surface area is 323 Å². The first-order valence-electron chi connectivity index (χ1n) is 19.0. The molecule has 9 aromatic rings. The minimum absolute atomic E-state index is 0.896. The van der Waals surface area contributed by atoms with E-state index in [0.29, 0.717) is 0 Å². The van der Waals surface area contributed by atoms with Crippen LogP contribution in [0.1, 0.15) is 22.8 Å². The zero-order chi connectivity index (χ0) is 37.0. The van der Waals surface area contributed by atoms with Gasteiger partial charge in [0.2, 0.25) is 0 Å². The predicted molar refractivity (Wildman–Crippen MR) is 236 cm³/mol. The topological polar surface area (TPSA) is 57.4 Å². The van der Waals surface area contributed by atoms with Crippen molar-refractivity contribution in [3.8, 4) is 44.5 Å². The van der Waals surface area contributed by atoms with Crippen LogP contribution >= 0.6 is 0 Å². The second-order valence-corrected chi connectivity index (χ2v) is 14.3. The Bertz CT molecular complexity index is 3010. The standard InChI is InChI=1S/C52H34N4/c1-3-15-35(16-4-1)49-41-25-29-45(53-41)51(39-23-11-19-33-13-7-9-21-37(33)39)47-31-27-43(55-47)50(36-17-5-2-6-18-36)44-28-32-48(56-44)52(46-30-26-42(49)54-46)40-24-12-20-34-14-8-10-22-38(34)40/h1-32,53,56H. The number of hydrogen-bond acceptors (Lipinski definition) is 2. The lowest BCUT2D eigenvalue weighted by atomic mass is 9.97. The molecular formula is C52H34N4. The molecule has 0 saturated heterocycles. The Morgan fingerprint density at radius 2 is 0.625 bits per heavy atom. The zero-order valence-corrected chi connectivity index (χ0v) is 30.4. The van der Waals surface area contributed by atoms with E-state index in [1.807, 2.05) is 0 Å². The average Bonchev–Trinajstić information content (AvgIpc) is 4.10. The van der Waals surface area contributed by atoms with Crippen LogP contribution in [0.4, 0.5) is 0 Å². The van der Waals surface area contributed by atoms with E-state index >= 15 is 0 Å².